The molecule has 0 bridgehead atoms. The van der Waals surface area contributed by atoms with Gasteiger partial charge < -0.3 is 15.5 Å². The van der Waals surface area contributed by atoms with E-state index in [1.54, 1.807) is 4.90 Å². The van der Waals surface area contributed by atoms with Crippen molar-refractivity contribution in [2.45, 2.75) is 44.8 Å². The van der Waals surface area contributed by atoms with Crippen molar-refractivity contribution in [3.8, 4) is 0 Å². The van der Waals surface area contributed by atoms with Crippen LogP contribution in [-0.4, -0.2) is 58.4 Å². The number of nitrogens with zero attached hydrogens (tertiary/aromatic N) is 4. The summed E-state index contributed by atoms with van der Waals surface area (Å²) in [5, 5.41) is 5.82. The molecule has 10 heteroatoms. The molecule has 1 amide bonds. The fourth-order valence-corrected chi connectivity index (χ4v) is 4.28. The molecule has 0 aliphatic carbocycles. The van der Waals surface area contributed by atoms with Crippen LogP contribution in [0.2, 0.25) is 0 Å². The Morgan fingerprint density at radius 1 is 1.09 bits per heavy atom. The van der Waals surface area contributed by atoms with Crippen LogP contribution in [0.1, 0.15) is 43.2 Å². The van der Waals surface area contributed by atoms with Gasteiger partial charge in [0.1, 0.15) is 11.4 Å². The van der Waals surface area contributed by atoms with E-state index in [0.29, 0.717) is 25.9 Å². The first-order valence-corrected chi connectivity index (χ1v) is 11.4. The average molecular weight is 463 g/mol. The number of anilines is 3. The summed E-state index contributed by atoms with van der Waals surface area (Å²) < 4.78 is 40.4. The zero-order chi connectivity index (χ0) is 23.3. The maximum absolute atomic E-state index is 13.5. The lowest BCUT2D eigenvalue weighted by molar-refractivity contribution is -0.137. The van der Waals surface area contributed by atoms with Gasteiger partial charge in [0.15, 0.2) is 0 Å². The Balaban J connectivity index is 1.41. The first-order chi connectivity index (χ1) is 15.9. The summed E-state index contributed by atoms with van der Waals surface area (Å²) in [6, 6.07) is 7.76. The lowest BCUT2D eigenvalue weighted by Gasteiger charge is -2.18. The minimum Gasteiger partial charge on any atom is -0.369 e. The molecule has 0 unspecified atom stereocenters. The van der Waals surface area contributed by atoms with E-state index in [9.17, 15) is 18.0 Å². The number of nitrogens with one attached hydrogen (secondary N) is 2. The third-order valence-corrected chi connectivity index (χ3v) is 5.95. The monoisotopic (exact) mass is 462 g/mol. The van der Waals surface area contributed by atoms with Gasteiger partial charge in [-0.2, -0.15) is 18.2 Å². The summed E-state index contributed by atoms with van der Waals surface area (Å²) in [6.45, 7) is 4.52. The van der Waals surface area contributed by atoms with Gasteiger partial charge in [-0.3, -0.25) is 9.69 Å². The van der Waals surface area contributed by atoms with Crippen LogP contribution in [0.15, 0.2) is 30.5 Å². The molecule has 2 fully saturated rings. The van der Waals surface area contributed by atoms with Crippen LogP contribution < -0.4 is 10.6 Å². The average Bonchev–Trinajstić information content (AvgIpc) is 3.42. The molecular weight excluding hydrogens is 433 g/mol. The SMILES string of the molecule is O=C1CCCN1CCCNc1nc(Nc2cccc(CN3CCCC3)c2)ncc1C(F)(F)F. The van der Waals surface area contributed by atoms with Crippen molar-refractivity contribution in [1.82, 2.24) is 19.8 Å². The maximum atomic E-state index is 13.5. The van der Waals surface area contributed by atoms with E-state index >= 15 is 0 Å². The molecule has 7 nitrogen and oxygen atoms in total. The van der Waals surface area contributed by atoms with Crippen LogP contribution in [0, 0.1) is 0 Å². The molecule has 2 aliphatic heterocycles. The Morgan fingerprint density at radius 2 is 1.91 bits per heavy atom. The molecule has 2 N–H and O–H groups in total. The molecule has 0 atom stereocenters. The first-order valence-electron chi connectivity index (χ1n) is 11.4. The van der Waals surface area contributed by atoms with E-state index in [2.05, 4.69) is 25.5 Å². The van der Waals surface area contributed by atoms with Crippen LogP contribution in [-0.2, 0) is 17.5 Å². The maximum Gasteiger partial charge on any atom is 0.421 e. The molecule has 2 saturated heterocycles. The molecule has 0 saturated carbocycles. The molecule has 3 heterocycles. The van der Waals surface area contributed by atoms with Gasteiger partial charge in [0.05, 0.1) is 0 Å². The fraction of sp³-hybridized carbons (Fsp3) is 0.522. The van der Waals surface area contributed by atoms with Crippen LogP contribution in [0.3, 0.4) is 0 Å². The molecule has 33 heavy (non-hydrogen) atoms. The Labute approximate surface area is 191 Å². The number of amides is 1. The summed E-state index contributed by atoms with van der Waals surface area (Å²) in [5.41, 5.74) is 0.946. The number of aromatic nitrogens is 2. The Hall–Kier alpha value is -2.88. The van der Waals surface area contributed by atoms with Gasteiger partial charge in [-0.1, -0.05) is 12.1 Å². The third-order valence-electron chi connectivity index (χ3n) is 5.95. The van der Waals surface area contributed by atoms with Gasteiger partial charge >= 0.3 is 6.18 Å². The van der Waals surface area contributed by atoms with Gasteiger partial charge in [-0.25, -0.2) is 4.98 Å². The van der Waals surface area contributed by atoms with Crippen molar-refractivity contribution in [1.29, 1.82) is 0 Å². The molecule has 2 aliphatic rings. The summed E-state index contributed by atoms with van der Waals surface area (Å²) in [7, 11) is 0. The van der Waals surface area contributed by atoms with Gasteiger partial charge in [-0.15, -0.1) is 0 Å². The predicted octanol–water partition coefficient (Wildman–Crippen LogP) is 4.26. The van der Waals surface area contributed by atoms with E-state index in [0.717, 1.165) is 43.5 Å². The Kier molecular flexibility index (Phi) is 7.32. The van der Waals surface area contributed by atoms with Gasteiger partial charge in [-0.05, 0) is 56.5 Å². The smallest absolute Gasteiger partial charge is 0.369 e. The second kappa shape index (κ2) is 10.4. The Morgan fingerprint density at radius 3 is 2.64 bits per heavy atom. The van der Waals surface area contributed by atoms with E-state index in [-0.39, 0.29) is 24.2 Å². The summed E-state index contributed by atoms with van der Waals surface area (Å²) in [6.07, 6.45) is 0.574. The molecule has 178 valence electrons. The van der Waals surface area contributed by atoms with E-state index in [1.807, 2.05) is 24.3 Å². The summed E-state index contributed by atoms with van der Waals surface area (Å²) >= 11 is 0. The molecule has 4 rings (SSSR count). The molecule has 1 aromatic carbocycles. The van der Waals surface area contributed by atoms with Crippen molar-refractivity contribution in [3.05, 3.63) is 41.6 Å². The van der Waals surface area contributed by atoms with Crippen molar-refractivity contribution in [2.24, 2.45) is 0 Å². The lowest BCUT2D eigenvalue weighted by atomic mass is 10.2. The third kappa shape index (κ3) is 6.34. The largest absolute Gasteiger partial charge is 0.421 e. The number of alkyl halides is 3. The van der Waals surface area contributed by atoms with E-state index in [4.69, 9.17) is 0 Å². The minimum atomic E-state index is -4.57. The fourth-order valence-electron chi connectivity index (χ4n) is 4.28. The van der Waals surface area contributed by atoms with Gasteiger partial charge in [0, 0.05) is 44.5 Å². The Bertz CT molecular complexity index is 961. The number of halogens is 3. The lowest BCUT2D eigenvalue weighted by Crippen LogP contribution is -2.27. The highest BCUT2D eigenvalue weighted by Crippen LogP contribution is 2.34. The van der Waals surface area contributed by atoms with Gasteiger partial charge in [0.25, 0.3) is 0 Å². The topological polar surface area (TPSA) is 73.4 Å². The normalized spacial score (nSPS) is 17.1. The number of rotatable bonds is 9. The van der Waals surface area contributed by atoms with Crippen molar-refractivity contribution >= 4 is 23.4 Å². The highest BCUT2D eigenvalue weighted by Gasteiger charge is 2.35. The molecule has 2 aromatic rings. The number of carbonyl (C=O) groups is 1. The molecular formula is C23H29F3N6O. The number of carbonyl (C=O) groups excluding carboxylic acids is 1. The van der Waals surface area contributed by atoms with Crippen LogP contribution in [0.5, 0.6) is 0 Å². The number of benzene rings is 1. The highest BCUT2D eigenvalue weighted by atomic mass is 19.4. The number of hydrogen-bond donors (Lipinski definition) is 2. The van der Waals surface area contributed by atoms with Crippen LogP contribution in [0.25, 0.3) is 0 Å². The molecule has 0 radical (unpaired) electrons. The number of likely N-dealkylation sites (tertiary alicyclic amines) is 2. The second-order valence-electron chi connectivity index (χ2n) is 8.53. The van der Waals surface area contributed by atoms with Crippen molar-refractivity contribution in [2.75, 3.05) is 43.4 Å². The minimum absolute atomic E-state index is 0.0959. The number of hydrogen-bond acceptors (Lipinski definition) is 6. The molecule has 0 spiro atoms. The quantitative estimate of drug-likeness (QED) is 0.543. The van der Waals surface area contributed by atoms with Crippen molar-refractivity contribution < 1.29 is 18.0 Å². The summed E-state index contributed by atoms with van der Waals surface area (Å²) in [5.74, 6) is -0.0639. The van der Waals surface area contributed by atoms with Crippen molar-refractivity contribution in [3.63, 3.8) is 0 Å². The highest BCUT2D eigenvalue weighted by molar-refractivity contribution is 5.78. The van der Waals surface area contributed by atoms with Crippen LogP contribution >= 0.6 is 0 Å². The summed E-state index contributed by atoms with van der Waals surface area (Å²) in [4.78, 5) is 23.8. The zero-order valence-electron chi connectivity index (χ0n) is 18.5. The predicted molar refractivity (Wildman–Crippen MR) is 120 cm³/mol. The standard InChI is InChI=1S/C23H29F3N6O/c24-23(25,26)19-15-28-22(30-21(19)27-9-5-13-32-12-4-8-20(32)33)29-18-7-3-6-17(14-18)16-31-10-1-2-11-31/h3,6-7,14-15H,1-2,4-5,8-13,16H2,(H2,27,28,29,30). The first kappa shape index (κ1) is 23.3. The van der Waals surface area contributed by atoms with Gasteiger partial charge in [0.2, 0.25) is 11.9 Å². The second-order valence-corrected chi connectivity index (χ2v) is 8.53. The molecule has 1 aromatic heterocycles. The van der Waals surface area contributed by atoms with Crippen LogP contribution in [0.4, 0.5) is 30.6 Å². The zero-order valence-corrected chi connectivity index (χ0v) is 18.5. The van der Waals surface area contributed by atoms with E-state index < -0.39 is 11.7 Å². The van der Waals surface area contributed by atoms with E-state index in [1.165, 1.54) is 12.8 Å².